The van der Waals surface area contributed by atoms with E-state index in [-0.39, 0.29) is 11.4 Å². The van der Waals surface area contributed by atoms with Gasteiger partial charge in [0.1, 0.15) is 11.5 Å². The lowest BCUT2D eigenvalue weighted by Gasteiger charge is -2.15. The molecule has 1 aliphatic heterocycles. The topological polar surface area (TPSA) is 59.6 Å². The number of hydrogen-bond donors (Lipinski definition) is 2. The molecule has 1 unspecified atom stereocenters. The molecular weight excluding hydrogens is 444 g/mol. The highest BCUT2D eigenvalue weighted by molar-refractivity contribution is 8.05. The summed E-state index contributed by atoms with van der Waals surface area (Å²) in [5.74, 6) is 1.40. The number of benzene rings is 3. The normalized spacial score (nSPS) is 16.9. The van der Waals surface area contributed by atoms with Crippen LogP contribution < -0.4 is 20.1 Å². The number of anilines is 1. The van der Waals surface area contributed by atoms with Gasteiger partial charge in [-0.05, 0) is 47.7 Å². The van der Waals surface area contributed by atoms with Gasteiger partial charge in [-0.15, -0.1) is 0 Å². The third kappa shape index (κ3) is 4.97. The smallest absolute Gasteiger partial charge is 0.260 e. The van der Waals surface area contributed by atoms with E-state index in [0.29, 0.717) is 22.3 Å². The van der Waals surface area contributed by atoms with Crippen molar-refractivity contribution in [2.24, 2.45) is 0 Å². The number of methoxy groups -OCH3 is 1. The average Bonchev–Trinajstić information content (AvgIpc) is 3.14. The van der Waals surface area contributed by atoms with E-state index in [9.17, 15) is 4.79 Å². The first-order valence-corrected chi connectivity index (χ1v) is 11.8. The number of carbonyl (C=O) groups is 1. The summed E-state index contributed by atoms with van der Waals surface area (Å²) < 4.78 is 11.4. The number of halogens is 1. The van der Waals surface area contributed by atoms with Crippen LogP contribution in [-0.2, 0) is 4.79 Å². The Hall–Kier alpha value is -2.83. The predicted molar refractivity (Wildman–Crippen MR) is 133 cm³/mol. The Labute approximate surface area is 197 Å². The van der Waals surface area contributed by atoms with Crippen molar-refractivity contribution in [2.75, 3.05) is 19.0 Å². The highest BCUT2D eigenvalue weighted by Crippen LogP contribution is 2.36. The van der Waals surface area contributed by atoms with E-state index in [2.05, 4.69) is 29.7 Å². The van der Waals surface area contributed by atoms with Crippen molar-refractivity contribution in [2.45, 2.75) is 25.3 Å². The van der Waals surface area contributed by atoms with E-state index in [1.165, 1.54) is 11.8 Å². The van der Waals surface area contributed by atoms with Gasteiger partial charge < -0.3 is 20.1 Å². The molecule has 1 atom stereocenters. The number of thioether (sulfide) groups is 1. The van der Waals surface area contributed by atoms with Gasteiger partial charge in [0, 0.05) is 10.4 Å². The molecule has 1 heterocycles. The van der Waals surface area contributed by atoms with Crippen LogP contribution in [0.4, 0.5) is 5.69 Å². The van der Waals surface area contributed by atoms with Crippen LogP contribution >= 0.6 is 23.4 Å². The van der Waals surface area contributed by atoms with E-state index in [1.54, 1.807) is 25.3 Å². The standard InChI is InChI=1S/C25H25ClN2O3S/c1-3-4-13-31-21-11-9-16(18-7-5-6-8-19(18)21)14-23-24(29)28-25(32-23)27-20-15-17(26)10-12-22(20)30-2/h5-12,14-15,25,27H,3-4,13H2,1-2H3,(H,28,29)/b23-14-. The number of rotatable bonds is 8. The maximum absolute atomic E-state index is 12.7. The fourth-order valence-electron chi connectivity index (χ4n) is 3.51. The molecule has 7 heteroatoms. The van der Waals surface area contributed by atoms with Gasteiger partial charge in [0.25, 0.3) is 5.91 Å². The minimum atomic E-state index is -0.330. The lowest BCUT2D eigenvalue weighted by atomic mass is 10.0. The van der Waals surface area contributed by atoms with E-state index in [1.807, 2.05) is 30.3 Å². The van der Waals surface area contributed by atoms with E-state index < -0.39 is 0 Å². The zero-order chi connectivity index (χ0) is 22.5. The van der Waals surface area contributed by atoms with Gasteiger partial charge in [-0.3, -0.25) is 4.79 Å². The Morgan fingerprint density at radius 1 is 1.12 bits per heavy atom. The molecule has 32 heavy (non-hydrogen) atoms. The quantitative estimate of drug-likeness (QED) is 0.301. The van der Waals surface area contributed by atoms with Crippen LogP contribution in [0.3, 0.4) is 0 Å². The van der Waals surface area contributed by atoms with Crippen molar-refractivity contribution in [1.29, 1.82) is 0 Å². The number of nitrogens with one attached hydrogen (secondary N) is 2. The van der Waals surface area contributed by atoms with Gasteiger partial charge in [-0.2, -0.15) is 0 Å². The maximum atomic E-state index is 12.7. The van der Waals surface area contributed by atoms with E-state index in [4.69, 9.17) is 21.1 Å². The molecule has 1 saturated heterocycles. The van der Waals surface area contributed by atoms with Crippen molar-refractivity contribution < 1.29 is 14.3 Å². The van der Waals surface area contributed by atoms with Crippen LogP contribution in [0.2, 0.25) is 5.02 Å². The Kier molecular flexibility index (Phi) is 7.12. The largest absolute Gasteiger partial charge is 0.495 e. The molecule has 0 radical (unpaired) electrons. The molecule has 4 rings (SSSR count). The van der Waals surface area contributed by atoms with Crippen LogP contribution in [0.25, 0.3) is 16.8 Å². The van der Waals surface area contributed by atoms with E-state index in [0.717, 1.165) is 40.6 Å². The van der Waals surface area contributed by atoms with E-state index >= 15 is 0 Å². The summed E-state index contributed by atoms with van der Waals surface area (Å²) in [6, 6.07) is 17.4. The summed E-state index contributed by atoms with van der Waals surface area (Å²) in [5.41, 5.74) is 1.36. The summed E-state index contributed by atoms with van der Waals surface area (Å²) in [7, 11) is 1.60. The Bertz CT molecular complexity index is 1170. The molecule has 3 aromatic rings. The Balaban J connectivity index is 1.57. The molecule has 0 bridgehead atoms. The molecule has 0 saturated carbocycles. The third-order valence-corrected chi connectivity index (χ3v) is 6.40. The molecule has 2 N–H and O–H groups in total. The summed E-state index contributed by atoms with van der Waals surface area (Å²) in [6.45, 7) is 2.84. The lowest BCUT2D eigenvalue weighted by Crippen LogP contribution is -2.31. The van der Waals surface area contributed by atoms with Crippen molar-refractivity contribution in [3.8, 4) is 11.5 Å². The fraction of sp³-hybridized carbons (Fsp3) is 0.240. The van der Waals surface area contributed by atoms with Crippen molar-refractivity contribution >= 4 is 51.8 Å². The number of hydrogen-bond acceptors (Lipinski definition) is 5. The zero-order valence-electron chi connectivity index (χ0n) is 18.0. The molecule has 1 aliphatic rings. The van der Waals surface area contributed by atoms with Crippen molar-refractivity contribution in [1.82, 2.24) is 5.32 Å². The first-order chi connectivity index (χ1) is 15.6. The second-order valence-electron chi connectivity index (χ2n) is 7.37. The first-order valence-electron chi connectivity index (χ1n) is 10.5. The number of unbranched alkanes of at least 4 members (excludes halogenated alkanes) is 1. The zero-order valence-corrected chi connectivity index (χ0v) is 19.6. The average molecular weight is 469 g/mol. The molecule has 5 nitrogen and oxygen atoms in total. The Morgan fingerprint density at radius 3 is 2.69 bits per heavy atom. The molecule has 0 aliphatic carbocycles. The molecular formula is C25H25ClN2O3S. The van der Waals surface area contributed by atoms with Gasteiger partial charge in [-0.25, -0.2) is 0 Å². The first kappa shape index (κ1) is 22.4. The van der Waals surface area contributed by atoms with Crippen LogP contribution in [0.1, 0.15) is 25.3 Å². The number of fused-ring (bicyclic) bond motifs is 1. The fourth-order valence-corrected chi connectivity index (χ4v) is 4.65. The summed E-state index contributed by atoms with van der Waals surface area (Å²) >= 11 is 7.54. The highest BCUT2D eigenvalue weighted by Gasteiger charge is 2.28. The number of carbonyl (C=O) groups excluding carboxylic acids is 1. The lowest BCUT2D eigenvalue weighted by molar-refractivity contribution is -0.116. The summed E-state index contributed by atoms with van der Waals surface area (Å²) in [4.78, 5) is 13.3. The van der Waals surface area contributed by atoms with Gasteiger partial charge >= 0.3 is 0 Å². The SMILES string of the molecule is CCCCOc1ccc(/C=C2\SC(Nc3cc(Cl)ccc3OC)NC2=O)c2ccccc12. The van der Waals surface area contributed by atoms with Gasteiger partial charge in [0.15, 0.2) is 5.50 Å². The minimum Gasteiger partial charge on any atom is -0.495 e. The third-order valence-electron chi connectivity index (χ3n) is 5.14. The second kappa shape index (κ2) is 10.2. The van der Waals surface area contributed by atoms with Crippen LogP contribution in [0, 0.1) is 0 Å². The number of amides is 1. The minimum absolute atomic E-state index is 0.124. The molecule has 166 valence electrons. The van der Waals surface area contributed by atoms with Gasteiger partial charge in [0.2, 0.25) is 0 Å². The molecule has 0 aromatic heterocycles. The second-order valence-corrected chi connectivity index (χ2v) is 8.95. The van der Waals surface area contributed by atoms with Gasteiger partial charge in [-0.1, -0.05) is 67.0 Å². The van der Waals surface area contributed by atoms with Crippen LogP contribution in [0.15, 0.2) is 59.5 Å². The molecule has 1 amide bonds. The van der Waals surface area contributed by atoms with Crippen molar-refractivity contribution in [3.05, 3.63) is 70.1 Å². The monoisotopic (exact) mass is 468 g/mol. The maximum Gasteiger partial charge on any atom is 0.260 e. The van der Waals surface area contributed by atoms with Crippen LogP contribution in [0.5, 0.6) is 11.5 Å². The summed E-state index contributed by atoms with van der Waals surface area (Å²) in [5, 5.41) is 8.92. The Morgan fingerprint density at radius 2 is 1.91 bits per heavy atom. The predicted octanol–water partition coefficient (Wildman–Crippen LogP) is 6.28. The summed E-state index contributed by atoms with van der Waals surface area (Å²) in [6.07, 6.45) is 4.03. The molecule has 3 aromatic carbocycles. The molecule has 0 spiro atoms. The molecule has 1 fully saturated rings. The van der Waals surface area contributed by atoms with Gasteiger partial charge in [0.05, 0.1) is 24.3 Å². The van der Waals surface area contributed by atoms with Crippen molar-refractivity contribution in [3.63, 3.8) is 0 Å². The van der Waals surface area contributed by atoms with Crippen LogP contribution in [-0.4, -0.2) is 25.1 Å². The highest BCUT2D eigenvalue weighted by atomic mass is 35.5. The number of ether oxygens (including phenoxy) is 2.